The van der Waals surface area contributed by atoms with E-state index < -0.39 is 12.0 Å². The SMILES string of the molecule is COc1cc(CNC(CCSC)C(=O)O)cc(Br)c1OCc1ccccc1C. The van der Waals surface area contributed by atoms with Gasteiger partial charge in [-0.2, -0.15) is 11.8 Å². The highest BCUT2D eigenvalue weighted by Gasteiger charge is 2.17. The Balaban J connectivity index is 2.09. The maximum atomic E-state index is 11.4. The van der Waals surface area contributed by atoms with Crippen LogP contribution in [0.15, 0.2) is 40.9 Å². The number of hydrogen-bond donors (Lipinski definition) is 2. The fourth-order valence-electron chi connectivity index (χ4n) is 2.73. The molecule has 0 aliphatic rings. The van der Waals surface area contributed by atoms with Gasteiger partial charge in [-0.25, -0.2) is 0 Å². The van der Waals surface area contributed by atoms with Gasteiger partial charge in [-0.3, -0.25) is 4.79 Å². The summed E-state index contributed by atoms with van der Waals surface area (Å²) in [6.45, 7) is 2.92. The molecule has 2 aromatic carbocycles. The maximum Gasteiger partial charge on any atom is 0.320 e. The second kappa shape index (κ2) is 11.3. The summed E-state index contributed by atoms with van der Waals surface area (Å²) in [5.41, 5.74) is 3.20. The van der Waals surface area contributed by atoms with Crippen molar-refractivity contribution in [3.05, 3.63) is 57.6 Å². The van der Waals surface area contributed by atoms with E-state index in [-0.39, 0.29) is 0 Å². The Morgan fingerprint density at radius 3 is 2.71 bits per heavy atom. The zero-order valence-electron chi connectivity index (χ0n) is 16.3. The standard InChI is InChI=1S/C21H26BrNO4S/c1-14-6-4-5-7-16(14)13-27-20-17(22)10-15(11-19(20)26-2)12-23-18(21(24)25)8-9-28-3/h4-7,10-11,18,23H,8-9,12-13H2,1-3H3,(H,24,25). The molecule has 0 aliphatic carbocycles. The summed E-state index contributed by atoms with van der Waals surface area (Å²) < 4.78 is 12.3. The number of thioether (sulfide) groups is 1. The van der Waals surface area contributed by atoms with Gasteiger partial charge in [0.2, 0.25) is 0 Å². The Morgan fingerprint density at radius 2 is 2.07 bits per heavy atom. The molecule has 0 spiro atoms. The van der Waals surface area contributed by atoms with Crippen LogP contribution in [0.2, 0.25) is 0 Å². The van der Waals surface area contributed by atoms with Crippen molar-refractivity contribution in [2.75, 3.05) is 19.1 Å². The molecule has 0 aromatic heterocycles. The predicted octanol–water partition coefficient (Wildman–Crippen LogP) is 4.64. The first kappa shape index (κ1) is 22.6. The Kier molecular flexibility index (Phi) is 9.15. The number of hydrogen-bond acceptors (Lipinski definition) is 5. The van der Waals surface area contributed by atoms with Crippen LogP contribution in [0.3, 0.4) is 0 Å². The van der Waals surface area contributed by atoms with Gasteiger partial charge >= 0.3 is 5.97 Å². The highest BCUT2D eigenvalue weighted by molar-refractivity contribution is 9.10. The molecule has 152 valence electrons. The number of methoxy groups -OCH3 is 1. The lowest BCUT2D eigenvalue weighted by molar-refractivity contribution is -0.139. The minimum atomic E-state index is -0.835. The average molecular weight is 468 g/mol. The molecule has 0 saturated heterocycles. The summed E-state index contributed by atoms with van der Waals surface area (Å²) in [5.74, 6) is 1.20. The number of aryl methyl sites for hydroxylation is 1. The highest BCUT2D eigenvalue weighted by atomic mass is 79.9. The minimum Gasteiger partial charge on any atom is -0.493 e. The first-order valence-electron chi connectivity index (χ1n) is 8.95. The van der Waals surface area contributed by atoms with Crippen LogP contribution < -0.4 is 14.8 Å². The fourth-order valence-corrected chi connectivity index (χ4v) is 3.80. The van der Waals surface area contributed by atoms with Gasteiger partial charge in [0.25, 0.3) is 0 Å². The van der Waals surface area contributed by atoms with Crippen LogP contribution in [0.4, 0.5) is 0 Å². The average Bonchev–Trinajstić information content (AvgIpc) is 2.67. The Bertz CT molecular complexity index is 800. The van der Waals surface area contributed by atoms with Crippen molar-refractivity contribution in [3.8, 4) is 11.5 Å². The molecule has 28 heavy (non-hydrogen) atoms. The molecule has 0 saturated carbocycles. The molecule has 2 aromatic rings. The van der Waals surface area contributed by atoms with E-state index in [2.05, 4.69) is 34.2 Å². The van der Waals surface area contributed by atoms with Gasteiger partial charge in [0.05, 0.1) is 11.6 Å². The molecule has 1 atom stereocenters. The van der Waals surface area contributed by atoms with E-state index >= 15 is 0 Å². The van der Waals surface area contributed by atoms with Crippen molar-refractivity contribution < 1.29 is 19.4 Å². The normalized spacial score (nSPS) is 11.9. The van der Waals surface area contributed by atoms with Crippen molar-refractivity contribution in [2.24, 2.45) is 0 Å². The van der Waals surface area contributed by atoms with E-state index in [0.717, 1.165) is 21.4 Å². The summed E-state index contributed by atoms with van der Waals surface area (Å²) in [4.78, 5) is 11.4. The van der Waals surface area contributed by atoms with Crippen molar-refractivity contribution in [1.29, 1.82) is 0 Å². The number of carbonyl (C=O) groups is 1. The summed E-state index contributed by atoms with van der Waals surface area (Å²) >= 11 is 5.19. The zero-order chi connectivity index (χ0) is 20.5. The van der Waals surface area contributed by atoms with E-state index in [0.29, 0.717) is 31.1 Å². The molecule has 5 nitrogen and oxygen atoms in total. The molecule has 0 radical (unpaired) electrons. The number of benzene rings is 2. The second-order valence-electron chi connectivity index (χ2n) is 6.38. The van der Waals surface area contributed by atoms with E-state index in [1.54, 1.807) is 18.9 Å². The topological polar surface area (TPSA) is 67.8 Å². The lowest BCUT2D eigenvalue weighted by Gasteiger charge is -2.17. The quantitative estimate of drug-likeness (QED) is 0.501. The monoisotopic (exact) mass is 467 g/mol. The Morgan fingerprint density at radius 1 is 1.32 bits per heavy atom. The first-order valence-corrected chi connectivity index (χ1v) is 11.1. The highest BCUT2D eigenvalue weighted by Crippen LogP contribution is 2.37. The van der Waals surface area contributed by atoms with Gasteiger partial charge in [-0.05, 0) is 70.1 Å². The molecule has 0 fully saturated rings. The van der Waals surface area contributed by atoms with E-state index in [4.69, 9.17) is 9.47 Å². The van der Waals surface area contributed by atoms with Crippen molar-refractivity contribution in [3.63, 3.8) is 0 Å². The molecule has 0 heterocycles. The smallest absolute Gasteiger partial charge is 0.320 e. The summed E-state index contributed by atoms with van der Waals surface area (Å²) in [5, 5.41) is 12.5. The maximum absolute atomic E-state index is 11.4. The van der Waals surface area contributed by atoms with Gasteiger partial charge in [-0.15, -0.1) is 0 Å². The molecule has 0 bridgehead atoms. The van der Waals surface area contributed by atoms with Gasteiger partial charge in [-0.1, -0.05) is 24.3 Å². The van der Waals surface area contributed by atoms with Gasteiger partial charge in [0.1, 0.15) is 12.6 Å². The van der Waals surface area contributed by atoms with Crippen LogP contribution in [0, 0.1) is 6.92 Å². The summed E-state index contributed by atoms with van der Waals surface area (Å²) in [7, 11) is 1.60. The number of carboxylic acid groups (broad SMARTS) is 1. The molecule has 2 N–H and O–H groups in total. The molecule has 0 amide bonds. The third-order valence-corrected chi connectivity index (χ3v) is 5.62. The van der Waals surface area contributed by atoms with Crippen molar-refractivity contribution in [2.45, 2.75) is 32.5 Å². The summed E-state index contributed by atoms with van der Waals surface area (Å²) in [6, 6.07) is 11.3. The number of aliphatic carboxylic acids is 1. The number of ether oxygens (including phenoxy) is 2. The molecule has 7 heteroatoms. The predicted molar refractivity (Wildman–Crippen MR) is 117 cm³/mol. The Hall–Kier alpha value is -1.70. The Labute approximate surface area is 178 Å². The molecular weight excluding hydrogens is 442 g/mol. The number of carboxylic acids is 1. The van der Waals surface area contributed by atoms with Crippen molar-refractivity contribution >= 4 is 33.7 Å². The van der Waals surface area contributed by atoms with Gasteiger partial charge < -0.3 is 19.9 Å². The molecular formula is C21H26BrNO4S. The van der Waals surface area contributed by atoms with Crippen LogP contribution in [-0.4, -0.2) is 36.2 Å². The lowest BCUT2D eigenvalue weighted by Crippen LogP contribution is -2.36. The van der Waals surface area contributed by atoms with E-state index in [1.807, 2.05) is 36.6 Å². The first-order chi connectivity index (χ1) is 13.5. The molecule has 2 rings (SSSR count). The van der Waals surface area contributed by atoms with Crippen molar-refractivity contribution in [1.82, 2.24) is 5.32 Å². The van der Waals surface area contributed by atoms with Gasteiger partial charge in [0.15, 0.2) is 11.5 Å². The fraction of sp³-hybridized carbons (Fsp3) is 0.381. The molecule has 0 aliphatic heterocycles. The van der Waals surface area contributed by atoms with Gasteiger partial charge in [0, 0.05) is 6.54 Å². The zero-order valence-corrected chi connectivity index (χ0v) is 18.7. The third-order valence-electron chi connectivity index (χ3n) is 4.38. The minimum absolute atomic E-state index is 0.429. The van der Waals surface area contributed by atoms with Crippen LogP contribution in [-0.2, 0) is 17.9 Å². The number of rotatable bonds is 11. The van der Waals surface area contributed by atoms with Crippen LogP contribution in [0.5, 0.6) is 11.5 Å². The van der Waals surface area contributed by atoms with Crippen LogP contribution in [0.25, 0.3) is 0 Å². The van der Waals surface area contributed by atoms with E-state index in [1.165, 1.54) is 5.56 Å². The van der Waals surface area contributed by atoms with E-state index in [9.17, 15) is 9.90 Å². The van der Waals surface area contributed by atoms with Crippen LogP contribution in [0.1, 0.15) is 23.1 Å². The largest absolute Gasteiger partial charge is 0.493 e. The number of halogens is 1. The lowest BCUT2D eigenvalue weighted by atomic mass is 10.1. The van der Waals surface area contributed by atoms with Crippen LogP contribution >= 0.6 is 27.7 Å². The summed E-state index contributed by atoms with van der Waals surface area (Å²) in [6.07, 6.45) is 2.54. The third kappa shape index (κ3) is 6.43. The molecule has 1 unspecified atom stereocenters. The second-order valence-corrected chi connectivity index (χ2v) is 8.22. The number of nitrogens with one attached hydrogen (secondary N) is 1.